The van der Waals surface area contributed by atoms with Crippen molar-refractivity contribution in [3.05, 3.63) is 24.3 Å². The predicted molar refractivity (Wildman–Crippen MR) is 31.6 cm³/mol. The predicted octanol–water partition coefficient (Wildman–Crippen LogP) is 1.43. The summed E-state index contributed by atoms with van der Waals surface area (Å²) >= 11 is 0. The van der Waals surface area contributed by atoms with Crippen LogP contribution in [0.4, 0.5) is 0 Å². The molecule has 1 heteroatoms. The Morgan fingerprint density at radius 2 is 1.67 bits per heavy atom. The molecule has 0 unspecified atom stereocenters. The van der Waals surface area contributed by atoms with Crippen LogP contribution >= 0.6 is 8.86 Å². The first-order valence-electron chi connectivity index (χ1n) is 1.83. The summed E-state index contributed by atoms with van der Waals surface area (Å²) in [5.41, 5.74) is 0. The number of hydrogen-bond acceptors (Lipinski definition) is 0. The van der Waals surface area contributed by atoms with E-state index in [1.54, 1.807) is 0 Å². The highest BCUT2D eigenvalue weighted by molar-refractivity contribution is 7.22. The highest BCUT2D eigenvalue weighted by atomic mass is 31.0. The molecule has 6 heavy (non-hydrogen) atoms. The zero-order valence-electron chi connectivity index (χ0n) is 3.31. The van der Waals surface area contributed by atoms with Gasteiger partial charge in [0.05, 0.1) is 0 Å². The molecule has 0 saturated carbocycles. The molecule has 0 bridgehead atoms. The smallest absolute Gasteiger partial charge is 0.00553 e. The lowest BCUT2D eigenvalue weighted by atomic mass is 10.5. The van der Waals surface area contributed by atoms with Crippen LogP contribution in [0.15, 0.2) is 24.3 Å². The highest BCUT2D eigenvalue weighted by Gasteiger charge is 1.81. The Balaban J connectivity index is 2.86. The van der Waals surface area contributed by atoms with Crippen LogP contribution in [0, 0.1) is 0 Å². The van der Waals surface area contributed by atoms with E-state index in [-0.39, 0.29) is 0 Å². The van der Waals surface area contributed by atoms with Crippen molar-refractivity contribution in [1.82, 2.24) is 0 Å². The van der Waals surface area contributed by atoms with Crippen molar-refractivity contribution in [2.45, 2.75) is 0 Å². The Bertz CT molecular complexity index is 106. The average molecular weight is 96.1 g/mol. The lowest BCUT2D eigenvalue weighted by Crippen LogP contribution is -1.68. The second kappa shape index (κ2) is 1.40. The van der Waals surface area contributed by atoms with Gasteiger partial charge < -0.3 is 0 Å². The zero-order chi connectivity index (χ0) is 4.41. The van der Waals surface area contributed by atoms with Crippen molar-refractivity contribution >= 4 is 14.2 Å². The van der Waals surface area contributed by atoms with Crippen LogP contribution in [-0.2, 0) is 0 Å². The van der Waals surface area contributed by atoms with Gasteiger partial charge in [0.25, 0.3) is 0 Å². The highest BCUT2D eigenvalue weighted by Crippen LogP contribution is 1.94. The van der Waals surface area contributed by atoms with Gasteiger partial charge in [0.15, 0.2) is 0 Å². The third kappa shape index (κ3) is 0.580. The molecule has 0 radical (unpaired) electrons. The van der Waals surface area contributed by atoms with Gasteiger partial charge in [0, 0.05) is 0 Å². The lowest BCUT2D eigenvalue weighted by molar-refractivity contribution is 2.15. The molecule has 1 aliphatic rings. The van der Waals surface area contributed by atoms with E-state index in [1.807, 2.05) is 24.3 Å². The fraction of sp³-hybridized carbons (Fsp3) is 0. The summed E-state index contributed by atoms with van der Waals surface area (Å²) < 4.78 is 0. The molecule has 0 fully saturated rings. The number of rotatable bonds is 0. The first kappa shape index (κ1) is 3.83. The van der Waals surface area contributed by atoms with E-state index in [0.29, 0.717) is 0 Å². The molecule has 0 aliphatic heterocycles. The van der Waals surface area contributed by atoms with Gasteiger partial charge in [-0.3, -0.25) is 0 Å². The van der Waals surface area contributed by atoms with E-state index >= 15 is 0 Å². The van der Waals surface area contributed by atoms with Crippen molar-refractivity contribution in [2.75, 3.05) is 0 Å². The maximum atomic E-state index is 3.33. The summed E-state index contributed by atoms with van der Waals surface area (Å²) in [6, 6.07) is 0. The SMILES string of the molecule is P=C1C=CC=C1. The van der Waals surface area contributed by atoms with Crippen LogP contribution in [0.5, 0.6) is 0 Å². The van der Waals surface area contributed by atoms with E-state index < -0.39 is 0 Å². The second-order valence-corrected chi connectivity index (χ2v) is 1.75. The largest absolute Gasteiger partial charge is 0.114 e. The van der Waals surface area contributed by atoms with Crippen molar-refractivity contribution in [3.63, 3.8) is 0 Å². The zero-order valence-corrected chi connectivity index (χ0v) is 4.31. The van der Waals surface area contributed by atoms with Gasteiger partial charge in [-0.05, 0) is 5.29 Å². The summed E-state index contributed by atoms with van der Waals surface area (Å²) in [6.45, 7) is 0. The molecule has 0 heterocycles. The number of hydrogen-bond donors (Lipinski definition) is 0. The Labute approximate surface area is 39.4 Å². The molecular formula is C5H5P. The van der Waals surface area contributed by atoms with Crippen LogP contribution in [0.2, 0.25) is 0 Å². The third-order valence-electron chi connectivity index (χ3n) is 0.663. The summed E-state index contributed by atoms with van der Waals surface area (Å²) in [5, 5.41) is 1.15. The van der Waals surface area contributed by atoms with Gasteiger partial charge in [-0.25, -0.2) is 0 Å². The van der Waals surface area contributed by atoms with Crippen molar-refractivity contribution in [2.24, 2.45) is 0 Å². The standard InChI is InChI=1S/C5H5P/c6-5-3-1-2-4-5/h1-4,6H. The Morgan fingerprint density at radius 3 is 1.83 bits per heavy atom. The minimum atomic E-state index is 1.15. The van der Waals surface area contributed by atoms with Crippen LogP contribution in [0.3, 0.4) is 0 Å². The molecule has 0 amide bonds. The van der Waals surface area contributed by atoms with Crippen LogP contribution in [0.25, 0.3) is 0 Å². The van der Waals surface area contributed by atoms with E-state index in [4.69, 9.17) is 0 Å². The topological polar surface area (TPSA) is 0 Å². The second-order valence-electron chi connectivity index (χ2n) is 1.17. The first-order valence-corrected chi connectivity index (χ1v) is 2.33. The first-order chi connectivity index (χ1) is 2.89. The van der Waals surface area contributed by atoms with Gasteiger partial charge in [-0.1, -0.05) is 24.3 Å². The van der Waals surface area contributed by atoms with E-state index in [1.165, 1.54) is 0 Å². The van der Waals surface area contributed by atoms with Gasteiger partial charge in [0.1, 0.15) is 0 Å². The van der Waals surface area contributed by atoms with Crippen molar-refractivity contribution in [1.29, 1.82) is 0 Å². The molecule has 0 aromatic rings. The summed E-state index contributed by atoms with van der Waals surface area (Å²) in [4.78, 5) is 0. The molecule has 0 atom stereocenters. The Kier molecular flexibility index (Phi) is 0.894. The quantitative estimate of drug-likeness (QED) is 0.400. The molecule has 1 rings (SSSR count). The maximum Gasteiger partial charge on any atom is -0.00553 e. The molecule has 0 aromatic heterocycles. The summed E-state index contributed by atoms with van der Waals surface area (Å²) in [6.07, 6.45) is 7.97. The third-order valence-corrected chi connectivity index (χ3v) is 0.996. The molecule has 30 valence electrons. The van der Waals surface area contributed by atoms with E-state index in [0.717, 1.165) is 5.29 Å². The minimum absolute atomic E-state index is 1.15. The van der Waals surface area contributed by atoms with Crippen LogP contribution in [0.1, 0.15) is 0 Å². The Hall–Kier alpha value is -0.350. The van der Waals surface area contributed by atoms with Crippen LogP contribution < -0.4 is 0 Å². The molecular weight excluding hydrogens is 91.0 g/mol. The molecule has 0 spiro atoms. The normalized spacial score (nSPS) is 17.0. The van der Waals surface area contributed by atoms with E-state index in [9.17, 15) is 0 Å². The summed E-state index contributed by atoms with van der Waals surface area (Å²) in [5.74, 6) is 0. The Morgan fingerprint density at radius 1 is 1.17 bits per heavy atom. The van der Waals surface area contributed by atoms with Gasteiger partial charge >= 0.3 is 0 Å². The number of allylic oxidation sites excluding steroid dienone is 4. The van der Waals surface area contributed by atoms with Gasteiger partial charge in [0.2, 0.25) is 0 Å². The monoisotopic (exact) mass is 96.0 g/mol. The molecule has 1 aliphatic carbocycles. The fourth-order valence-corrected chi connectivity index (χ4v) is 0.566. The van der Waals surface area contributed by atoms with E-state index in [2.05, 4.69) is 8.86 Å². The molecule has 0 aromatic carbocycles. The lowest BCUT2D eigenvalue weighted by Gasteiger charge is -1.70. The molecule has 0 nitrogen and oxygen atoms in total. The van der Waals surface area contributed by atoms with Crippen LogP contribution in [-0.4, -0.2) is 5.29 Å². The van der Waals surface area contributed by atoms with Crippen molar-refractivity contribution in [3.8, 4) is 0 Å². The molecule has 0 N–H and O–H groups in total. The van der Waals surface area contributed by atoms with Gasteiger partial charge in [-0.15, -0.1) is 8.86 Å². The fourth-order valence-electron chi connectivity index (χ4n) is 0.374. The van der Waals surface area contributed by atoms with Crippen molar-refractivity contribution < 1.29 is 0 Å². The average Bonchev–Trinajstić information content (AvgIpc) is 1.86. The summed E-state index contributed by atoms with van der Waals surface area (Å²) in [7, 11) is 3.33. The minimum Gasteiger partial charge on any atom is -0.114 e. The maximum absolute atomic E-state index is 3.33. The molecule has 0 saturated heterocycles. The van der Waals surface area contributed by atoms with Gasteiger partial charge in [-0.2, -0.15) is 0 Å².